The highest BCUT2D eigenvalue weighted by atomic mass is 32.2. The van der Waals surface area contributed by atoms with Crippen LogP contribution in [0.5, 0.6) is 0 Å². The number of hydrogen-bond donors (Lipinski definition) is 1. The van der Waals surface area contributed by atoms with E-state index in [-0.39, 0.29) is 0 Å². The summed E-state index contributed by atoms with van der Waals surface area (Å²) in [5.74, 6) is 2.48. The van der Waals surface area contributed by atoms with Crippen LogP contribution in [0.25, 0.3) is 0 Å². The van der Waals surface area contributed by atoms with Crippen LogP contribution >= 0.6 is 0 Å². The average Bonchev–Trinajstić information content (AvgIpc) is 1.90. The molecule has 0 aliphatic carbocycles. The standard InChI is InChI=1S/C6H14O2S/c1-2-9(7)5-3-8-4-6-9/h9H,2-6H2,1H3. The van der Waals surface area contributed by atoms with E-state index >= 15 is 0 Å². The van der Waals surface area contributed by atoms with Gasteiger partial charge in [0.15, 0.2) is 0 Å². The second kappa shape index (κ2) is 2.80. The van der Waals surface area contributed by atoms with Gasteiger partial charge in [-0.15, -0.1) is 0 Å². The predicted octanol–water partition coefficient (Wildman–Crippen LogP) is 0.0532. The van der Waals surface area contributed by atoms with E-state index in [2.05, 4.69) is 0 Å². The van der Waals surface area contributed by atoms with Gasteiger partial charge in [0.1, 0.15) is 0 Å². The molecule has 2 nitrogen and oxygen atoms in total. The Bertz CT molecular complexity index is 123. The molecule has 0 aromatic carbocycles. The molecule has 56 valence electrons. The second-order valence-electron chi connectivity index (χ2n) is 2.43. The summed E-state index contributed by atoms with van der Waals surface area (Å²) in [6.07, 6.45) is 0. The molecular weight excluding hydrogens is 136 g/mol. The summed E-state index contributed by atoms with van der Waals surface area (Å²) in [5, 5.41) is 0. The third kappa shape index (κ3) is 1.76. The molecule has 0 amide bonds. The smallest absolute Gasteiger partial charge is 0.0563 e. The van der Waals surface area contributed by atoms with Gasteiger partial charge in [0.2, 0.25) is 0 Å². The van der Waals surface area contributed by atoms with Crippen molar-refractivity contribution in [1.29, 1.82) is 0 Å². The van der Waals surface area contributed by atoms with E-state index in [4.69, 9.17) is 4.74 Å². The third-order valence-corrected chi connectivity index (χ3v) is 5.01. The van der Waals surface area contributed by atoms with E-state index in [1.807, 2.05) is 6.92 Å². The predicted molar refractivity (Wildman–Crippen MR) is 40.6 cm³/mol. The average molecular weight is 150 g/mol. The number of thiol groups is 1. The molecule has 0 aromatic rings. The van der Waals surface area contributed by atoms with Crippen molar-refractivity contribution in [2.75, 3.05) is 30.5 Å². The molecule has 0 atom stereocenters. The Morgan fingerprint density at radius 1 is 1.44 bits per heavy atom. The lowest BCUT2D eigenvalue weighted by atomic mass is 10.8. The van der Waals surface area contributed by atoms with E-state index < -0.39 is 9.93 Å². The SMILES string of the molecule is CC[SH]1(=O)CCOCC1. The van der Waals surface area contributed by atoms with Gasteiger partial charge in [-0.3, -0.25) is 4.21 Å². The molecular formula is C6H14O2S. The number of hydrogen-bond acceptors (Lipinski definition) is 2. The highest BCUT2D eigenvalue weighted by Gasteiger charge is 2.16. The van der Waals surface area contributed by atoms with E-state index in [1.165, 1.54) is 0 Å². The van der Waals surface area contributed by atoms with Crippen LogP contribution in [0.3, 0.4) is 0 Å². The van der Waals surface area contributed by atoms with Crippen LogP contribution in [0.4, 0.5) is 0 Å². The molecule has 0 spiro atoms. The van der Waals surface area contributed by atoms with Gasteiger partial charge in [0.25, 0.3) is 0 Å². The summed E-state index contributed by atoms with van der Waals surface area (Å²) in [7, 11) is -1.72. The van der Waals surface area contributed by atoms with E-state index in [0.29, 0.717) is 13.2 Å². The Hall–Kier alpha value is 0.110. The van der Waals surface area contributed by atoms with Crippen LogP contribution in [0.15, 0.2) is 0 Å². The molecule has 0 unspecified atom stereocenters. The maximum absolute atomic E-state index is 11.5. The maximum Gasteiger partial charge on any atom is 0.0563 e. The van der Waals surface area contributed by atoms with Crippen molar-refractivity contribution < 1.29 is 8.95 Å². The summed E-state index contributed by atoms with van der Waals surface area (Å²) in [5.41, 5.74) is 0. The van der Waals surface area contributed by atoms with Gasteiger partial charge in [0, 0.05) is 11.5 Å². The third-order valence-electron chi connectivity index (χ3n) is 1.86. The molecule has 1 aliphatic rings. The van der Waals surface area contributed by atoms with Crippen molar-refractivity contribution in [3.8, 4) is 0 Å². The molecule has 0 bridgehead atoms. The fraction of sp³-hybridized carbons (Fsp3) is 1.00. The molecule has 0 radical (unpaired) electrons. The Kier molecular flexibility index (Phi) is 2.24. The lowest BCUT2D eigenvalue weighted by Crippen LogP contribution is -2.33. The van der Waals surface area contributed by atoms with Crippen LogP contribution in [0.1, 0.15) is 6.92 Å². The lowest BCUT2D eigenvalue weighted by Gasteiger charge is -2.26. The molecule has 0 N–H and O–H groups in total. The van der Waals surface area contributed by atoms with E-state index in [9.17, 15) is 4.21 Å². The van der Waals surface area contributed by atoms with Gasteiger partial charge < -0.3 is 4.74 Å². The summed E-state index contributed by atoms with van der Waals surface area (Å²) < 4.78 is 16.6. The molecule has 1 saturated heterocycles. The van der Waals surface area contributed by atoms with Crippen molar-refractivity contribution in [1.82, 2.24) is 0 Å². The zero-order chi connectivity index (χ0) is 6.74. The quantitative estimate of drug-likeness (QED) is 0.535. The zero-order valence-corrected chi connectivity index (χ0v) is 6.69. The van der Waals surface area contributed by atoms with Crippen molar-refractivity contribution in [2.24, 2.45) is 0 Å². The van der Waals surface area contributed by atoms with Crippen LogP contribution in [-0.2, 0) is 14.7 Å². The highest BCUT2D eigenvalue weighted by molar-refractivity contribution is 8.03. The summed E-state index contributed by atoms with van der Waals surface area (Å²) >= 11 is 0. The maximum atomic E-state index is 11.5. The first-order valence-electron chi connectivity index (χ1n) is 3.42. The monoisotopic (exact) mass is 150 g/mol. The first-order chi connectivity index (χ1) is 4.27. The van der Waals surface area contributed by atoms with Crippen molar-refractivity contribution in [3.63, 3.8) is 0 Å². The molecule has 3 heteroatoms. The number of rotatable bonds is 1. The fourth-order valence-corrected chi connectivity index (χ4v) is 2.77. The minimum absolute atomic E-state index is 0.713. The molecule has 1 heterocycles. The minimum atomic E-state index is -1.72. The van der Waals surface area contributed by atoms with Crippen LogP contribution in [-0.4, -0.2) is 34.7 Å². The zero-order valence-electron chi connectivity index (χ0n) is 5.80. The molecule has 0 aromatic heterocycles. The summed E-state index contributed by atoms with van der Waals surface area (Å²) in [4.78, 5) is 0. The van der Waals surface area contributed by atoms with E-state index in [0.717, 1.165) is 17.3 Å². The van der Waals surface area contributed by atoms with Gasteiger partial charge in [-0.25, -0.2) is 0 Å². The molecule has 1 fully saturated rings. The molecule has 1 aliphatic heterocycles. The van der Waals surface area contributed by atoms with Gasteiger partial charge in [-0.1, -0.05) is 16.9 Å². The fourth-order valence-electron chi connectivity index (χ4n) is 0.992. The normalized spacial score (nSPS) is 29.4. The van der Waals surface area contributed by atoms with Gasteiger partial charge >= 0.3 is 0 Å². The molecule has 9 heavy (non-hydrogen) atoms. The van der Waals surface area contributed by atoms with Crippen molar-refractivity contribution in [2.45, 2.75) is 6.92 Å². The minimum Gasteiger partial charge on any atom is -0.380 e. The molecule has 1 rings (SSSR count). The highest BCUT2D eigenvalue weighted by Crippen LogP contribution is 2.08. The Morgan fingerprint density at radius 2 is 2.00 bits per heavy atom. The van der Waals surface area contributed by atoms with Crippen molar-refractivity contribution >= 4 is 9.93 Å². The summed E-state index contributed by atoms with van der Waals surface area (Å²) in [6, 6.07) is 0. The lowest BCUT2D eigenvalue weighted by molar-refractivity contribution is 0.157. The first kappa shape index (κ1) is 7.22. The van der Waals surface area contributed by atoms with Crippen LogP contribution in [0.2, 0.25) is 0 Å². The van der Waals surface area contributed by atoms with Gasteiger partial charge in [0.05, 0.1) is 13.2 Å². The Balaban J connectivity index is 2.47. The summed E-state index contributed by atoms with van der Waals surface area (Å²) in [6.45, 7) is 3.43. The Morgan fingerprint density at radius 3 is 2.33 bits per heavy atom. The van der Waals surface area contributed by atoms with Gasteiger partial charge in [-0.05, 0) is 5.75 Å². The van der Waals surface area contributed by atoms with Crippen LogP contribution in [0, 0.1) is 0 Å². The topological polar surface area (TPSA) is 26.3 Å². The molecule has 0 saturated carbocycles. The largest absolute Gasteiger partial charge is 0.380 e. The number of ether oxygens (including phenoxy) is 1. The second-order valence-corrected chi connectivity index (χ2v) is 6.08. The van der Waals surface area contributed by atoms with E-state index in [1.54, 1.807) is 0 Å². The van der Waals surface area contributed by atoms with Gasteiger partial charge in [-0.2, -0.15) is 0 Å². The van der Waals surface area contributed by atoms with Crippen molar-refractivity contribution in [3.05, 3.63) is 0 Å². The van der Waals surface area contributed by atoms with Crippen LogP contribution < -0.4 is 0 Å². The Labute approximate surface area is 57.0 Å². The first-order valence-corrected chi connectivity index (χ1v) is 5.68.